The zero-order valence-electron chi connectivity index (χ0n) is 12.7. The van der Waals surface area contributed by atoms with E-state index in [1.165, 1.54) is 18.0 Å². The summed E-state index contributed by atoms with van der Waals surface area (Å²) < 4.78 is 12.4. The molecule has 1 fully saturated rings. The number of aliphatic hydroxyl groups excluding tert-OH is 2. The van der Waals surface area contributed by atoms with E-state index in [0.717, 1.165) is 0 Å². The van der Waals surface area contributed by atoms with Gasteiger partial charge in [0.2, 0.25) is 0 Å². The number of nitrogens with zero attached hydrogens (tertiary/aromatic N) is 4. The lowest BCUT2D eigenvalue weighted by Crippen LogP contribution is -2.46. The maximum Gasteiger partial charge on any atom is 0.278 e. The lowest BCUT2D eigenvalue weighted by atomic mass is 10.1. The molecule has 9 heteroatoms. The summed E-state index contributed by atoms with van der Waals surface area (Å²) >= 11 is 0. The van der Waals surface area contributed by atoms with Gasteiger partial charge in [0, 0.05) is 21.2 Å². The van der Waals surface area contributed by atoms with Gasteiger partial charge in [0.15, 0.2) is 12.0 Å². The van der Waals surface area contributed by atoms with Gasteiger partial charge >= 0.3 is 0 Å². The standard InChI is InChI=1S/C13H20N4O5/c1-15-5-14-11-8(12(15)20)16(2)6-17(11)13-10(21-3)9(19)7(4-18)22-13/h5,7,9-10,13,18-19H,4,6H2,1-3H3/t7-,9-,10-,13-/m1/s1. The molecule has 0 spiro atoms. The molecule has 0 saturated carbocycles. The molecule has 22 heavy (non-hydrogen) atoms. The average molecular weight is 312 g/mol. The SMILES string of the molecule is CO[C@@H]1[C@H](O)[C@@H](CO)O[C@H]1N1CN(C)c2c1ncn(C)c2=O. The summed E-state index contributed by atoms with van der Waals surface area (Å²) in [5.74, 6) is 0.489. The number of hydrogen-bond donors (Lipinski definition) is 2. The Hall–Kier alpha value is -1.68. The maximum atomic E-state index is 12.3. The highest BCUT2D eigenvalue weighted by Gasteiger charge is 2.49. The number of ether oxygens (including phenoxy) is 2. The molecule has 0 unspecified atom stereocenters. The first kappa shape index (κ1) is 15.2. The second-order valence-electron chi connectivity index (χ2n) is 5.58. The Morgan fingerprint density at radius 1 is 1.50 bits per heavy atom. The van der Waals surface area contributed by atoms with Gasteiger partial charge in [0.05, 0.1) is 19.6 Å². The summed E-state index contributed by atoms with van der Waals surface area (Å²) in [7, 11) is 4.91. The van der Waals surface area contributed by atoms with E-state index in [4.69, 9.17) is 9.47 Å². The fourth-order valence-electron chi connectivity index (χ4n) is 3.00. The molecule has 2 aliphatic rings. The van der Waals surface area contributed by atoms with Gasteiger partial charge in [-0.15, -0.1) is 0 Å². The van der Waals surface area contributed by atoms with Crippen molar-refractivity contribution in [1.29, 1.82) is 0 Å². The van der Waals surface area contributed by atoms with Gasteiger partial charge in [-0.2, -0.15) is 0 Å². The normalized spacial score (nSPS) is 31.0. The van der Waals surface area contributed by atoms with Crippen LogP contribution in [0.1, 0.15) is 0 Å². The highest BCUT2D eigenvalue weighted by molar-refractivity contribution is 5.71. The Balaban J connectivity index is 1.98. The monoisotopic (exact) mass is 312 g/mol. The Kier molecular flexibility index (Phi) is 3.81. The number of aliphatic hydroxyl groups is 2. The first-order valence-corrected chi connectivity index (χ1v) is 7.00. The van der Waals surface area contributed by atoms with E-state index in [1.54, 1.807) is 23.9 Å². The number of rotatable bonds is 3. The van der Waals surface area contributed by atoms with Crippen molar-refractivity contribution in [3.8, 4) is 0 Å². The van der Waals surface area contributed by atoms with Gasteiger partial charge in [-0.1, -0.05) is 0 Å². The minimum Gasteiger partial charge on any atom is -0.394 e. The van der Waals surface area contributed by atoms with Crippen LogP contribution >= 0.6 is 0 Å². The Labute approximate surface area is 127 Å². The van der Waals surface area contributed by atoms with Crippen LogP contribution in [0.3, 0.4) is 0 Å². The summed E-state index contributed by atoms with van der Waals surface area (Å²) in [5.41, 5.74) is 0.326. The fourth-order valence-corrected chi connectivity index (χ4v) is 3.00. The minimum absolute atomic E-state index is 0.152. The molecule has 2 N–H and O–H groups in total. The van der Waals surface area contributed by atoms with Crippen molar-refractivity contribution in [2.75, 3.05) is 37.2 Å². The Morgan fingerprint density at radius 3 is 2.86 bits per heavy atom. The average Bonchev–Trinajstić information content (AvgIpc) is 3.00. The quantitative estimate of drug-likeness (QED) is 0.667. The summed E-state index contributed by atoms with van der Waals surface area (Å²) in [6.45, 7) is 0.0784. The maximum absolute atomic E-state index is 12.3. The van der Waals surface area contributed by atoms with Gasteiger partial charge in [-0.3, -0.25) is 4.79 Å². The summed E-state index contributed by atoms with van der Waals surface area (Å²) in [6.07, 6.45) is -1.48. The van der Waals surface area contributed by atoms with Crippen LogP contribution in [0.25, 0.3) is 0 Å². The first-order valence-electron chi connectivity index (χ1n) is 7.00. The Bertz CT molecular complexity index is 621. The largest absolute Gasteiger partial charge is 0.394 e. The number of aryl methyl sites for hydroxylation is 1. The molecular formula is C13H20N4O5. The molecule has 1 aromatic rings. The molecule has 0 aromatic carbocycles. The fraction of sp³-hybridized carbons (Fsp3) is 0.692. The van der Waals surface area contributed by atoms with Crippen LogP contribution in [0.5, 0.6) is 0 Å². The van der Waals surface area contributed by atoms with Gasteiger partial charge in [0.25, 0.3) is 5.56 Å². The van der Waals surface area contributed by atoms with Crippen molar-refractivity contribution < 1.29 is 19.7 Å². The first-order chi connectivity index (χ1) is 10.5. The van der Waals surface area contributed by atoms with E-state index in [2.05, 4.69) is 4.98 Å². The third-order valence-corrected chi connectivity index (χ3v) is 4.18. The third kappa shape index (κ3) is 2.09. The number of fused-ring (bicyclic) bond motifs is 1. The topological polar surface area (TPSA) is 100 Å². The van der Waals surface area contributed by atoms with E-state index in [1.807, 2.05) is 0 Å². The van der Waals surface area contributed by atoms with Crippen molar-refractivity contribution in [2.45, 2.75) is 24.5 Å². The molecule has 2 aliphatic heterocycles. The van der Waals surface area contributed by atoms with Crippen LogP contribution in [0.4, 0.5) is 11.5 Å². The van der Waals surface area contributed by atoms with Crippen LogP contribution < -0.4 is 15.4 Å². The smallest absolute Gasteiger partial charge is 0.278 e. The van der Waals surface area contributed by atoms with Crippen LogP contribution in [0, 0.1) is 0 Å². The lowest BCUT2D eigenvalue weighted by Gasteiger charge is -2.29. The number of anilines is 2. The van der Waals surface area contributed by atoms with Gasteiger partial charge < -0.3 is 34.1 Å². The minimum atomic E-state index is -0.944. The van der Waals surface area contributed by atoms with Crippen LogP contribution in [0.2, 0.25) is 0 Å². The predicted octanol–water partition coefficient (Wildman–Crippen LogP) is -1.91. The molecule has 0 bridgehead atoms. The van der Waals surface area contributed by atoms with E-state index in [-0.39, 0.29) is 12.2 Å². The highest BCUT2D eigenvalue weighted by atomic mass is 16.6. The molecule has 3 heterocycles. The number of methoxy groups -OCH3 is 1. The zero-order chi connectivity index (χ0) is 16.0. The molecule has 0 amide bonds. The Morgan fingerprint density at radius 2 is 2.23 bits per heavy atom. The van der Waals surface area contributed by atoms with Crippen LogP contribution in [0.15, 0.2) is 11.1 Å². The van der Waals surface area contributed by atoms with Crippen molar-refractivity contribution in [1.82, 2.24) is 9.55 Å². The second kappa shape index (κ2) is 5.51. The highest BCUT2D eigenvalue weighted by Crippen LogP contribution is 2.36. The molecule has 122 valence electrons. The number of aromatic nitrogens is 2. The van der Waals surface area contributed by atoms with Crippen molar-refractivity contribution in [3.05, 3.63) is 16.7 Å². The van der Waals surface area contributed by atoms with E-state index >= 15 is 0 Å². The van der Waals surface area contributed by atoms with Gasteiger partial charge in [-0.25, -0.2) is 4.98 Å². The lowest BCUT2D eigenvalue weighted by molar-refractivity contribution is -0.0226. The van der Waals surface area contributed by atoms with Crippen LogP contribution in [-0.2, 0) is 16.5 Å². The molecule has 9 nitrogen and oxygen atoms in total. The molecule has 4 atom stereocenters. The van der Waals surface area contributed by atoms with Crippen molar-refractivity contribution in [3.63, 3.8) is 0 Å². The third-order valence-electron chi connectivity index (χ3n) is 4.18. The van der Waals surface area contributed by atoms with Crippen molar-refractivity contribution >= 4 is 11.5 Å². The molecule has 1 aromatic heterocycles. The van der Waals surface area contributed by atoms with Crippen LogP contribution in [-0.4, -0.2) is 71.7 Å². The molecule has 0 aliphatic carbocycles. The van der Waals surface area contributed by atoms with Gasteiger partial charge in [0.1, 0.15) is 24.0 Å². The molecule has 1 saturated heterocycles. The van der Waals surface area contributed by atoms with E-state index in [0.29, 0.717) is 18.2 Å². The summed E-state index contributed by atoms with van der Waals surface area (Å²) in [5, 5.41) is 19.5. The van der Waals surface area contributed by atoms with E-state index in [9.17, 15) is 15.0 Å². The summed E-state index contributed by atoms with van der Waals surface area (Å²) in [6, 6.07) is 0. The molecular weight excluding hydrogens is 292 g/mol. The van der Waals surface area contributed by atoms with Crippen molar-refractivity contribution in [2.24, 2.45) is 7.05 Å². The molecule has 0 radical (unpaired) electrons. The number of hydrogen-bond acceptors (Lipinski definition) is 8. The summed E-state index contributed by atoms with van der Waals surface area (Å²) in [4.78, 5) is 20.1. The van der Waals surface area contributed by atoms with E-state index < -0.39 is 24.5 Å². The van der Waals surface area contributed by atoms with Gasteiger partial charge in [-0.05, 0) is 0 Å². The predicted molar refractivity (Wildman–Crippen MR) is 77.8 cm³/mol. The second-order valence-corrected chi connectivity index (χ2v) is 5.58. The molecule has 3 rings (SSSR count). The zero-order valence-corrected chi connectivity index (χ0v) is 12.7.